The molecule has 0 bridgehead atoms. The first-order valence-electron chi connectivity index (χ1n) is 36.4. The van der Waals surface area contributed by atoms with Crippen molar-refractivity contribution in [3.8, 4) is 11.3 Å². The summed E-state index contributed by atoms with van der Waals surface area (Å²) in [6.45, 7) is 13.1. The van der Waals surface area contributed by atoms with E-state index in [4.69, 9.17) is 67.0 Å². The van der Waals surface area contributed by atoms with E-state index in [0.717, 1.165) is 134 Å². The van der Waals surface area contributed by atoms with E-state index in [0.29, 0.717) is 57.2 Å². The summed E-state index contributed by atoms with van der Waals surface area (Å²) in [4.78, 5) is 88.4. The SMILES string of the molecule is CC1(C)OB(c2cnc(N)c(C(F)(F)F)c2)OC1(C)C.CN(C)C(=O)CCl.CN(C)C(=O)CN1CCC(n2nnc3cnc4ccc(-c5cnc(N)c(C(F)(F)F)c5)nc4c32)CC1.CN(C)C(=O)CN1CCC(n2nnc3cnc4ccc(Cl)nc4c32)CC1.Clc1ccc2ncc3nnn(C4CCNCC4)c3c2n1.O=CO[O-].[2H]CF.[H-].[K+].[K+]. The molecule has 4 saturated heterocycles. The first-order valence-corrected chi connectivity index (χ1v) is 36.9. The molecule has 0 atom stereocenters. The number of pyridine rings is 8. The van der Waals surface area contributed by atoms with Gasteiger partial charge in [-0.05, 0) is 128 Å². The summed E-state index contributed by atoms with van der Waals surface area (Å²) in [6.07, 6.45) is 3.83. The first-order chi connectivity index (χ1) is 54.9. The Morgan fingerprint density at radius 3 is 1.32 bits per heavy atom. The summed E-state index contributed by atoms with van der Waals surface area (Å²) >= 11 is 17.3. The van der Waals surface area contributed by atoms with Crippen molar-refractivity contribution in [1.29, 1.82) is 0 Å². The van der Waals surface area contributed by atoms with Gasteiger partial charge < -0.3 is 52.4 Å². The van der Waals surface area contributed by atoms with E-state index in [2.05, 4.69) is 90.8 Å². The molecule has 33 nitrogen and oxygen atoms in total. The number of nitrogens with one attached hydrogen (secondary N) is 1. The number of alkyl halides is 8. The molecule has 117 heavy (non-hydrogen) atoms. The first kappa shape index (κ1) is 95.6. The van der Waals surface area contributed by atoms with Gasteiger partial charge in [0.15, 0.2) is 0 Å². The maximum absolute atomic E-state index is 13.4. The third kappa shape index (κ3) is 24.5. The summed E-state index contributed by atoms with van der Waals surface area (Å²) in [6, 6.07) is 13.0. The molecular formula is C71H86BCl3F7K2N25O8. The molecule has 15 rings (SSSR count). The smallest absolute Gasteiger partial charge is 1.00 e. The number of likely N-dealkylation sites (tertiary alicyclic amines) is 2. The number of carbonyl (C=O) groups excluding carboxylic acids is 4. The van der Waals surface area contributed by atoms with Gasteiger partial charge in [0.2, 0.25) is 17.7 Å². The zero-order chi connectivity index (χ0) is 84.7. The minimum Gasteiger partial charge on any atom is -1.00 e. The Hall–Kier alpha value is -6.86. The largest absolute Gasteiger partial charge is 1.00 e. The number of anilines is 2. The van der Waals surface area contributed by atoms with E-state index < -0.39 is 60.6 Å². The Balaban J connectivity index is 0.000000237. The molecule has 46 heteroatoms. The van der Waals surface area contributed by atoms with Crippen LogP contribution in [0.2, 0.25) is 10.3 Å². The molecule has 0 saturated carbocycles. The van der Waals surface area contributed by atoms with Crippen LogP contribution in [0.15, 0.2) is 79.5 Å². The number of nitrogens with two attached hydrogens (primary N) is 2. The van der Waals surface area contributed by atoms with Crippen LogP contribution in [0, 0.1) is 0 Å². The monoisotopic (exact) mass is 1740 g/mol. The topological polar surface area (TPSA) is 395 Å². The molecule has 0 radical (unpaired) electrons. The van der Waals surface area contributed by atoms with Crippen LogP contribution in [-0.4, -0.2) is 260 Å². The second-order valence-electron chi connectivity index (χ2n) is 28.3. The van der Waals surface area contributed by atoms with Crippen molar-refractivity contribution in [3.63, 3.8) is 0 Å². The van der Waals surface area contributed by atoms with Gasteiger partial charge in [-0.1, -0.05) is 38.8 Å². The molecule has 3 amide bonds. The molecule has 15 heterocycles. The number of piperidine rings is 3. The second-order valence-corrected chi connectivity index (χ2v) is 29.3. The number of hydrogen-bond donors (Lipinski definition) is 3. The molecule has 4 aliphatic rings. The van der Waals surface area contributed by atoms with Crippen molar-refractivity contribution in [1.82, 2.24) is 115 Å². The molecule has 0 unspecified atom stereocenters. The fourth-order valence-corrected chi connectivity index (χ4v) is 13.0. The van der Waals surface area contributed by atoms with E-state index in [1.54, 1.807) is 94.9 Å². The second kappa shape index (κ2) is 43.1. The van der Waals surface area contributed by atoms with Crippen LogP contribution in [0.3, 0.4) is 0 Å². The quantitative estimate of drug-likeness (QED) is 0.0317. The van der Waals surface area contributed by atoms with Gasteiger partial charge in [0, 0.05) is 91.9 Å². The van der Waals surface area contributed by atoms with Gasteiger partial charge in [0.1, 0.15) is 77.5 Å². The Labute approximate surface area is 770 Å². The van der Waals surface area contributed by atoms with Gasteiger partial charge in [0.25, 0.3) is 6.47 Å². The average Bonchev–Trinajstić information content (AvgIpc) is 1.69. The third-order valence-electron chi connectivity index (χ3n) is 19.5. The van der Waals surface area contributed by atoms with E-state index in [-0.39, 0.29) is 157 Å². The van der Waals surface area contributed by atoms with Gasteiger partial charge in [-0.2, -0.15) is 26.3 Å². The van der Waals surface area contributed by atoms with Crippen LogP contribution in [0.1, 0.15) is 98.3 Å². The van der Waals surface area contributed by atoms with E-state index >= 15 is 0 Å². The van der Waals surface area contributed by atoms with Gasteiger partial charge >= 0.3 is 122 Å². The van der Waals surface area contributed by atoms with Gasteiger partial charge in [-0.15, -0.1) is 26.9 Å². The predicted molar refractivity (Wildman–Crippen MR) is 417 cm³/mol. The summed E-state index contributed by atoms with van der Waals surface area (Å²) in [5.41, 5.74) is 16.8. The Morgan fingerprint density at radius 2 is 0.957 bits per heavy atom. The molecule has 618 valence electrons. The number of fused-ring (bicyclic) bond motifs is 9. The van der Waals surface area contributed by atoms with Gasteiger partial charge in [-0.3, -0.25) is 48.3 Å². The minimum absolute atomic E-state index is 0. The van der Waals surface area contributed by atoms with E-state index in [1.807, 2.05) is 53.9 Å². The number of halogens is 10. The normalized spacial score (nSPS) is 15.8. The fourth-order valence-electron chi connectivity index (χ4n) is 12.5. The van der Waals surface area contributed by atoms with Crippen LogP contribution in [0.4, 0.5) is 42.4 Å². The predicted octanol–water partition coefficient (Wildman–Crippen LogP) is 1.90. The average molecular weight is 1750 g/mol. The molecule has 0 aliphatic carbocycles. The molecule has 11 aromatic rings. The van der Waals surface area contributed by atoms with Crippen LogP contribution in [0.25, 0.3) is 77.5 Å². The molecule has 4 fully saturated rings. The molecule has 11 aromatic heterocycles. The molecule has 0 aromatic carbocycles. The van der Waals surface area contributed by atoms with Crippen molar-refractivity contribution in [2.45, 2.75) is 108 Å². The zero-order valence-corrected chi connectivity index (χ0v) is 74.8. The standard InChI is InChI=1S/C23H24F3N9O.C17H20ClN7O.C13H13ClN6.C12H16BF3N2O2.C4H8ClNO.CH3F.CH2O3.2K.H/c1-33(2)19(36)12-34-7-5-14(6-8-34)35-21-18(31-32-35)11-28-17-4-3-16(30-20(17)21)13-9-15(23(24,25)26)22(27)29-10-13;1-23(2)15(26)10-24-7-5-11(6-8-24)25-17-13(21-22-25)9-19-12-3-4-14(18)20-16(12)17;14-11-2-1-9-12(17-11)13-10(7-16-9)18-19-20(13)8-3-5-15-6-4-8;1-10(2)11(3,4)20-13(19-10)7-5-8(12(14,15)16)9(17)18-6-7;1-6(2)4(7)3-5;1-2;2-1-4-3;;;/h3-4,9-11,14H,5-8,12H2,1-2H3,(H2,27,29);3-4,9,11H,5-8,10H2,1-2H3;1-2,7-8,15H,3-6H2;5-6H,1-4H3,(H2,17,18);3H2,1-2H3;1H3;1,3H;;;/q;;;;;;;2*+1;-1/p-1/i;;;;;1D;;;;. The number of likely N-dealkylation sites (N-methyl/N-ethyl adjacent to an activating group) is 2. The summed E-state index contributed by atoms with van der Waals surface area (Å²) in [7, 11) is 8.49. The Morgan fingerprint density at radius 1 is 0.598 bits per heavy atom. The minimum atomic E-state index is -4.63. The van der Waals surface area contributed by atoms with E-state index in [1.165, 1.54) is 17.3 Å². The maximum atomic E-state index is 13.4. The zero-order valence-electron chi connectivity index (χ0n) is 68.2. The summed E-state index contributed by atoms with van der Waals surface area (Å²) < 4.78 is 111. The van der Waals surface area contributed by atoms with Crippen molar-refractivity contribution in [3.05, 3.63) is 101 Å². The number of nitrogen functional groups attached to an aromatic ring is 2. The van der Waals surface area contributed by atoms with Crippen molar-refractivity contribution >= 4 is 149 Å². The van der Waals surface area contributed by atoms with Crippen molar-refractivity contribution in [2.75, 3.05) is 119 Å². The fraction of sp³-hybridized carbons (Fsp3) is 0.465. The van der Waals surface area contributed by atoms with Gasteiger partial charge in [-0.25, -0.2) is 39.0 Å². The molecular weight excluding hydrogens is 1660 g/mol. The van der Waals surface area contributed by atoms with Crippen molar-refractivity contribution < 1.29 is 175 Å². The number of rotatable bonds is 11. The van der Waals surface area contributed by atoms with Crippen molar-refractivity contribution in [2.24, 2.45) is 0 Å². The summed E-state index contributed by atoms with van der Waals surface area (Å²) in [5, 5.41) is 38.4. The van der Waals surface area contributed by atoms with Crippen LogP contribution in [0.5, 0.6) is 0 Å². The number of carbonyl (C=O) groups is 4. The maximum Gasteiger partial charge on any atom is 1.00 e. The van der Waals surface area contributed by atoms with Crippen LogP contribution >= 0.6 is 34.8 Å². The number of amides is 3. The summed E-state index contributed by atoms with van der Waals surface area (Å²) in [5.74, 6) is -0.936. The number of aromatic nitrogens is 17. The molecule has 5 N–H and O–H groups in total. The van der Waals surface area contributed by atoms with Crippen LogP contribution < -0.4 is 130 Å². The number of nitrogens with zero attached hydrogens (tertiary/aromatic N) is 22. The Kier molecular flexibility index (Phi) is 35.2. The Bertz CT molecular complexity index is 5230. The van der Waals surface area contributed by atoms with E-state index in [9.17, 15) is 45.1 Å². The molecule has 0 spiro atoms. The van der Waals surface area contributed by atoms with Gasteiger partial charge in [0.05, 0.1) is 103 Å². The number of hydrogen-bond acceptors (Lipinski definition) is 27. The molecule has 4 aliphatic heterocycles. The van der Waals surface area contributed by atoms with Crippen LogP contribution in [-0.2, 0) is 45.7 Å². The third-order valence-corrected chi connectivity index (χ3v) is 20.1.